The minimum Gasteiger partial charge on any atom is -0.756 e. The van der Waals surface area contributed by atoms with Crippen LogP contribution in [0.15, 0.2) is 48.6 Å². The molecule has 0 fully saturated rings. The smallest absolute Gasteiger partial charge is 0.756 e. The summed E-state index contributed by atoms with van der Waals surface area (Å²) in [7, 11) is -10.3. The molecule has 0 heterocycles. The molecule has 5 amide bonds. The summed E-state index contributed by atoms with van der Waals surface area (Å²) in [4.78, 5) is 121. The number of phosphoric ester groups is 2. The Morgan fingerprint density at radius 1 is 0.372 bits per heavy atom. The number of alkyl carbamates (subject to hydrolysis) is 1. The predicted octanol–water partition coefficient (Wildman–Crippen LogP) is 16.1. The van der Waals surface area contributed by atoms with Crippen LogP contribution in [0.5, 0.6) is 5.75 Å². The van der Waals surface area contributed by atoms with Gasteiger partial charge in [-0.15, -0.1) is 0 Å². The maximum atomic E-state index is 14.2. The number of carbonyl (C=O) groups is 7. The average molecular weight is 1880 g/mol. The van der Waals surface area contributed by atoms with Gasteiger partial charge in [0.1, 0.15) is 36.1 Å². The number of hydrogen-bond donors (Lipinski definition) is 5. The van der Waals surface area contributed by atoms with E-state index >= 15 is 0 Å². The van der Waals surface area contributed by atoms with Gasteiger partial charge in [0.25, 0.3) is 15.6 Å². The summed E-state index contributed by atoms with van der Waals surface area (Å²) in [6.45, 7) is 15.5. The van der Waals surface area contributed by atoms with E-state index in [4.69, 9.17) is 46.5 Å². The zero-order valence-electron chi connectivity index (χ0n) is 82.8. The Hall–Kier alpha value is -3.27. The van der Waals surface area contributed by atoms with Crippen molar-refractivity contribution in [1.82, 2.24) is 26.6 Å². The molecule has 0 aliphatic rings. The summed E-state index contributed by atoms with van der Waals surface area (Å²) in [6.07, 6.45) is 59.6. The molecule has 0 spiro atoms. The number of carbonyl (C=O) groups excluding carboxylic acids is 7. The minimum absolute atomic E-state index is 0. The zero-order valence-corrected chi connectivity index (χ0v) is 88.6. The van der Waals surface area contributed by atoms with E-state index < -0.39 is 96.7 Å². The van der Waals surface area contributed by atoms with Crippen molar-refractivity contribution >= 4 is 57.3 Å². The van der Waals surface area contributed by atoms with Gasteiger partial charge in [-0.3, -0.25) is 37.9 Å². The van der Waals surface area contributed by atoms with Gasteiger partial charge in [-0.05, 0) is 135 Å². The standard InChI is InChI=1S/C99H181N5O21P2.2Na/c1-10-16-22-28-32-36-38-42-44-50-56-62-92(105)103-86(81-116-75-70-89(60-54-48-26-20-14-5)123-94(107)64-58-52-46-40-34-30-24-18-12-3)83-121-126(112,113)119-78-73-100-96(109)91(80-85-66-68-88(69-67-85)118-77-72-102-98(111)125-99(7,8)9)97(110)101-74-79-120-127(114,115)122-84-87(104-93(106)63-57-51-45-43-39-37-33-29-23-17-11-2)82-117-76-71-90(61-55-49-27-21-15-6)124-95(108)65-59-53-47-41-35-31-25-19-13-4;;/h40-41,46-47,66-69,86-87,89-91H,10-39,42-45,48-65,70-84H2,1-9H3,(H,100,109)(H,101,110)(H,102,111)(H,103,105)(H,104,106)(H,112,113)(H,114,115);;/q;2*+1/p-2/b46-40-,47-41-;;/t86?,87?,89-,90-,91?;;/m1../s1. The van der Waals surface area contributed by atoms with Gasteiger partial charge in [0.05, 0.1) is 71.5 Å². The van der Waals surface area contributed by atoms with Crippen molar-refractivity contribution in [2.75, 3.05) is 79.1 Å². The number of phosphoric acid groups is 2. The number of benzene rings is 1. The third-order valence-corrected chi connectivity index (χ3v) is 23.8. The number of esters is 2. The monoisotopic (exact) mass is 1880 g/mol. The summed E-state index contributed by atoms with van der Waals surface area (Å²) < 4.78 is 83.6. The Kier molecular flexibility index (Phi) is 87.8. The van der Waals surface area contributed by atoms with Crippen LogP contribution < -0.4 is 100 Å². The molecule has 0 bridgehead atoms. The fourth-order valence-corrected chi connectivity index (χ4v) is 15.9. The van der Waals surface area contributed by atoms with E-state index in [1.807, 2.05) is 0 Å². The molecule has 5 N–H and O–H groups in total. The third-order valence-electron chi connectivity index (χ3n) is 21.9. The zero-order chi connectivity index (χ0) is 93.2. The van der Waals surface area contributed by atoms with E-state index in [1.165, 1.54) is 116 Å². The van der Waals surface area contributed by atoms with Crippen molar-refractivity contribution in [3.05, 3.63) is 54.1 Å². The molecular formula is C99H179N5Na2O21P2. The van der Waals surface area contributed by atoms with Crippen LogP contribution in [0.3, 0.4) is 0 Å². The quantitative estimate of drug-likeness (QED) is 0.00769. The summed E-state index contributed by atoms with van der Waals surface area (Å²) in [5.74, 6) is -3.85. The topological polar surface area (TPSA) is 352 Å². The van der Waals surface area contributed by atoms with Crippen LogP contribution in [0.4, 0.5) is 4.79 Å². The van der Waals surface area contributed by atoms with Crippen LogP contribution in [0, 0.1) is 5.92 Å². The molecule has 0 radical (unpaired) electrons. The van der Waals surface area contributed by atoms with Crippen molar-refractivity contribution in [3.8, 4) is 5.75 Å². The van der Waals surface area contributed by atoms with E-state index in [9.17, 15) is 52.5 Å². The Morgan fingerprint density at radius 3 is 1.05 bits per heavy atom. The SMILES string of the molecule is CCCCCC/C=C\CCCC(=O)O[C@H](CCCCCCC)CCOCC(COP(=O)([O-])OCCNC(=O)C(Cc1ccc(OCCNC(=O)OC(C)(C)C)cc1)C(=O)NCCOP(=O)([O-])OCC(COCC[C@@H](CCCCCCC)OC(=O)CCC/C=C\CCCCCC)NC(=O)CCCCCCCCCCCCC)NC(=O)CCCCCCCCCCCCC.[Na+].[Na+]. The van der Waals surface area contributed by atoms with Gasteiger partial charge in [-0.1, -0.05) is 296 Å². The van der Waals surface area contributed by atoms with Gasteiger partial charge in [0.15, 0.2) is 0 Å². The molecule has 26 nitrogen and oxygen atoms in total. The largest absolute Gasteiger partial charge is 1.00 e. The Bertz CT molecular complexity index is 2890. The van der Waals surface area contributed by atoms with Crippen molar-refractivity contribution in [2.24, 2.45) is 5.92 Å². The normalized spacial score (nSPS) is 13.7. The number of ether oxygens (including phenoxy) is 6. The maximum Gasteiger partial charge on any atom is 1.00 e. The average Bonchev–Trinajstić information content (AvgIpc) is 0.861. The molecule has 0 saturated carbocycles. The molecule has 0 aliphatic heterocycles. The molecule has 0 aliphatic carbocycles. The van der Waals surface area contributed by atoms with E-state index in [0.717, 1.165) is 154 Å². The molecule has 0 aromatic heterocycles. The van der Waals surface area contributed by atoms with Crippen molar-refractivity contribution in [2.45, 2.75) is 445 Å². The first kappa shape index (κ1) is 128. The molecule has 738 valence electrons. The van der Waals surface area contributed by atoms with E-state index in [1.54, 1.807) is 45.0 Å². The number of rotatable bonds is 90. The van der Waals surface area contributed by atoms with Crippen LogP contribution in [0.1, 0.15) is 415 Å². The Labute approximate surface area is 826 Å². The fourth-order valence-electron chi connectivity index (χ4n) is 14.4. The first-order valence-corrected chi connectivity index (χ1v) is 53.2. The molecular weight excluding hydrogens is 1700 g/mol. The number of nitrogens with one attached hydrogen (secondary N) is 5. The van der Waals surface area contributed by atoms with Gasteiger partial charge in [-0.2, -0.15) is 0 Å². The van der Waals surface area contributed by atoms with Gasteiger partial charge in [0, 0.05) is 51.6 Å². The second-order valence-corrected chi connectivity index (χ2v) is 38.1. The second-order valence-electron chi connectivity index (χ2n) is 35.3. The first-order valence-electron chi connectivity index (χ1n) is 50.3. The number of allylic oxidation sites excluding steroid dienone is 4. The maximum absolute atomic E-state index is 14.2. The van der Waals surface area contributed by atoms with E-state index in [2.05, 4.69) is 92.4 Å². The summed E-state index contributed by atoms with van der Waals surface area (Å²) >= 11 is 0. The van der Waals surface area contributed by atoms with Crippen molar-refractivity contribution in [1.29, 1.82) is 0 Å². The molecule has 1 rings (SSSR count). The third kappa shape index (κ3) is 82.7. The Morgan fingerprint density at radius 2 is 0.698 bits per heavy atom. The number of hydrogen-bond acceptors (Lipinski definition) is 21. The van der Waals surface area contributed by atoms with Gasteiger partial charge in [0.2, 0.25) is 23.6 Å². The van der Waals surface area contributed by atoms with Crippen LogP contribution in [-0.2, 0) is 86.1 Å². The fraction of sp³-hybridized carbons (Fsp3) is 0.828. The molecule has 4 unspecified atom stereocenters. The van der Waals surface area contributed by atoms with Crippen molar-refractivity contribution in [3.63, 3.8) is 0 Å². The van der Waals surface area contributed by atoms with Crippen LogP contribution in [0.2, 0.25) is 0 Å². The number of unbranched alkanes of at least 4 members (excludes halogenated alkanes) is 38. The minimum atomic E-state index is -5.13. The predicted molar refractivity (Wildman–Crippen MR) is 505 cm³/mol. The molecule has 129 heavy (non-hydrogen) atoms. The number of amides is 5. The summed E-state index contributed by atoms with van der Waals surface area (Å²) in [6, 6.07) is 4.66. The van der Waals surface area contributed by atoms with Crippen LogP contribution in [0.25, 0.3) is 0 Å². The van der Waals surface area contributed by atoms with E-state index in [-0.39, 0.29) is 154 Å². The van der Waals surface area contributed by atoms with Crippen LogP contribution >= 0.6 is 15.6 Å². The van der Waals surface area contributed by atoms with Crippen molar-refractivity contribution < 1.29 is 158 Å². The molecule has 6 atom stereocenters. The summed E-state index contributed by atoms with van der Waals surface area (Å²) in [5.41, 5.74) is -0.190. The van der Waals surface area contributed by atoms with Gasteiger partial charge < -0.3 is 82.9 Å². The van der Waals surface area contributed by atoms with Crippen LogP contribution in [-0.4, -0.2) is 151 Å². The molecule has 30 heteroatoms. The second kappa shape index (κ2) is 88.7. The first-order chi connectivity index (χ1) is 61.4. The molecule has 1 aromatic rings. The van der Waals surface area contributed by atoms with E-state index in [0.29, 0.717) is 75.5 Å². The van der Waals surface area contributed by atoms with Gasteiger partial charge >= 0.3 is 77.1 Å². The molecule has 0 saturated heterocycles. The Balaban J connectivity index is 0. The summed E-state index contributed by atoms with van der Waals surface area (Å²) in [5, 5.41) is 13.6. The van der Waals surface area contributed by atoms with Gasteiger partial charge in [-0.25, -0.2) is 4.79 Å². The molecule has 1 aromatic carbocycles.